The second-order valence-electron chi connectivity index (χ2n) is 8.04. The van der Waals surface area contributed by atoms with Crippen LogP contribution in [0.3, 0.4) is 0 Å². The topological polar surface area (TPSA) is 57.4 Å². The number of nitrogens with one attached hydrogen (secondary N) is 2. The quantitative estimate of drug-likeness (QED) is 0.215. The number of nitrogens with zero attached hydrogens (tertiary/aromatic N) is 2. The number of benzene rings is 2. The minimum absolute atomic E-state index is 0.254. The highest BCUT2D eigenvalue weighted by Gasteiger charge is 2.15. The summed E-state index contributed by atoms with van der Waals surface area (Å²) >= 11 is 0. The highest BCUT2D eigenvalue weighted by atomic mass is 19.1. The minimum atomic E-state index is -0.254. The van der Waals surface area contributed by atoms with E-state index in [-0.39, 0.29) is 5.82 Å². The van der Waals surface area contributed by atoms with Crippen molar-refractivity contribution in [3.63, 3.8) is 0 Å². The van der Waals surface area contributed by atoms with Gasteiger partial charge in [-0.1, -0.05) is 36.9 Å². The molecule has 0 bridgehead atoms. The minimum Gasteiger partial charge on any atom is -0.352 e. The maximum absolute atomic E-state index is 14.0. The molecular weight excluding hydrogens is 423 g/mol. The molecular formula is C29H27FN4. The molecule has 0 atom stereocenters. The average molecular weight is 451 g/mol. The number of hydrogen-bond acceptors (Lipinski definition) is 2. The molecule has 170 valence electrons. The molecule has 2 N–H and O–H groups in total. The van der Waals surface area contributed by atoms with Gasteiger partial charge in [-0.2, -0.15) is 5.10 Å². The van der Waals surface area contributed by atoms with E-state index in [2.05, 4.69) is 51.5 Å². The van der Waals surface area contributed by atoms with E-state index in [4.69, 9.17) is 0 Å². The second kappa shape index (κ2) is 9.71. The van der Waals surface area contributed by atoms with E-state index in [1.165, 1.54) is 6.07 Å². The van der Waals surface area contributed by atoms with Crippen LogP contribution in [0.4, 0.5) is 4.39 Å². The van der Waals surface area contributed by atoms with Crippen LogP contribution in [-0.2, 0) is 0 Å². The van der Waals surface area contributed by atoms with Crippen LogP contribution in [0.1, 0.15) is 25.0 Å². The van der Waals surface area contributed by atoms with E-state index in [1.807, 2.05) is 45.1 Å². The fourth-order valence-electron chi connectivity index (χ4n) is 4.10. The zero-order valence-electron chi connectivity index (χ0n) is 19.6. The van der Waals surface area contributed by atoms with Crippen molar-refractivity contribution in [3.05, 3.63) is 103 Å². The van der Waals surface area contributed by atoms with Gasteiger partial charge >= 0.3 is 0 Å². The highest BCUT2D eigenvalue weighted by Crippen LogP contribution is 2.34. The molecule has 4 nitrogen and oxygen atoms in total. The molecule has 0 radical (unpaired) electrons. The van der Waals surface area contributed by atoms with Crippen molar-refractivity contribution in [1.29, 1.82) is 0 Å². The van der Waals surface area contributed by atoms with Crippen molar-refractivity contribution in [2.75, 3.05) is 0 Å². The van der Waals surface area contributed by atoms with Gasteiger partial charge in [-0.15, -0.1) is 6.58 Å². The summed E-state index contributed by atoms with van der Waals surface area (Å²) in [6.45, 7) is 13.0. The summed E-state index contributed by atoms with van der Waals surface area (Å²) in [4.78, 5) is 7.80. The van der Waals surface area contributed by atoms with Crippen molar-refractivity contribution in [2.45, 2.75) is 20.8 Å². The molecule has 0 aliphatic heterocycles. The average Bonchev–Trinajstić information content (AvgIpc) is 3.43. The molecule has 0 saturated heterocycles. The number of aromatic nitrogens is 4. The van der Waals surface area contributed by atoms with Gasteiger partial charge in [0.1, 0.15) is 11.5 Å². The first-order valence-electron chi connectivity index (χ1n) is 11.1. The van der Waals surface area contributed by atoms with E-state index in [9.17, 15) is 4.39 Å². The molecule has 2 aromatic carbocycles. The first-order valence-corrected chi connectivity index (χ1v) is 11.1. The number of allylic oxidation sites excluding steroid dienone is 4. The molecule has 0 saturated carbocycles. The molecule has 3 aromatic heterocycles. The standard InChI is InChI=1S/C26H21FN4.C3H6/c1-4-16(5-2)17-6-7-23-21(11-17)26(31-30-23)24-12-20-22(13-28-14-25(20)29-24)18-8-15(3)9-19(27)10-18;1-3-2/h4-14,29H,1H2,2-3H3,(H,30,31);3H,1H2,2H3/b16-5+;. The fourth-order valence-corrected chi connectivity index (χ4v) is 4.10. The third-order valence-electron chi connectivity index (χ3n) is 5.58. The van der Waals surface area contributed by atoms with Gasteiger partial charge in [0.15, 0.2) is 0 Å². The Morgan fingerprint density at radius 2 is 1.76 bits per heavy atom. The molecule has 0 spiro atoms. The lowest BCUT2D eigenvalue weighted by Crippen LogP contribution is -1.85. The predicted molar refractivity (Wildman–Crippen MR) is 141 cm³/mol. The first-order chi connectivity index (χ1) is 16.5. The number of rotatable bonds is 4. The molecule has 3 heterocycles. The molecule has 0 fully saturated rings. The van der Waals surface area contributed by atoms with Crippen molar-refractivity contribution < 1.29 is 4.39 Å². The van der Waals surface area contributed by atoms with Crippen LogP contribution in [0.5, 0.6) is 0 Å². The molecule has 0 aliphatic rings. The smallest absolute Gasteiger partial charge is 0.124 e. The van der Waals surface area contributed by atoms with Crippen molar-refractivity contribution >= 4 is 27.4 Å². The SMILES string of the molecule is C=C/C(=C\C)c1ccc2[nH]nc(-c3cc4c(-c5cc(C)cc(F)c5)cncc4[nH]3)c2c1.C=CC. The van der Waals surface area contributed by atoms with E-state index >= 15 is 0 Å². The highest BCUT2D eigenvalue weighted by molar-refractivity contribution is 6.01. The van der Waals surface area contributed by atoms with Gasteiger partial charge in [-0.25, -0.2) is 4.39 Å². The van der Waals surface area contributed by atoms with Crippen LogP contribution >= 0.6 is 0 Å². The summed E-state index contributed by atoms with van der Waals surface area (Å²) in [5, 5.41) is 9.67. The Hall–Kier alpha value is -4.25. The van der Waals surface area contributed by atoms with Crippen LogP contribution in [-0.4, -0.2) is 20.2 Å². The lowest BCUT2D eigenvalue weighted by atomic mass is 10.0. The van der Waals surface area contributed by atoms with Gasteiger partial charge in [0, 0.05) is 22.5 Å². The summed E-state index contributed by atoms with van der Waals surface area (Å²) in [5.74, 6) is -0.254. The maximum atomic E-state index is 14.0. The Labute approximate surface area is 198 Å². The Balaban J connectivity index is 0.000000868. The van der Waals surface area contributed by atoms with Crippen LogP contribution in [0.2, 0.25) is 0 Å². The lowest BCUT2D eigenvalue weighted by Gasteiger charge is -2.05. The summed E-state index contributed by atoms with van der Waals surface area (Å²) in [6, 6.07) is 13.3. The van der Waals surface area contributed by atoms with Crippen LogP contribution in [0, 0.1) is 12.7 Å². The zero-order valence-corrected chi connectivity index (χ0v) is 19.6. The monoisotopic (exact) mass is 450 g/mol. The van der Waals surface area contributed by atoms with Gasteiger partial charge < -0.3 is 4.98 Å². The molecule has 0 unspecified atom stereocenters. The Morgan fingerprint density at radius 1 is 0.971 bits per heavy atom. The van der Waals surface area contributed by atoms with Gasteiger partial charge in [-0.3, -0.25) is 10.1 Å². The van der Waals surface area contributed by atoms with Gasteiger partial charge in [0.25, 0.3) is 0 Å². The van der Waals surface area contributed by atoms with Crippen molar-refractivity contribution in [3.8, 4) is 22.5 Å². The second-order valence-corrected chi connectivity index (χ2v) is 8.04. The molecule has 0 amide bonds. The predicted octanol–water partition coefficient (Wildman–Crippen LogP) is 8.00. The van der Waals surface area contributed by atoms with Gasteiger partial charge in [0.2, 0.25) is 0 Å². The number of halogens is 1. The van der Waals surface area contributed by atoms with Crippen molar-refractivity contribution in [2.24, 2.45) is 0 Å². The number of aryl methyl sites for hydroxylation is 1. The van der Waals surface area contributed by atoms with Crippen LogP contribution in [0.15, 0.2) is 86.2 Å². The summed E-state index contributed by atoms with van der Waals surface area (Å²) in [6.07, 6.45) is 9.19. The Morgan fingerprint density at radius 3 is 2.47 bits per heavy atom. The zero-order chi connectivity index (χ0) is 24.2. The van der Waals surface area contributed by atoms with Crippen LogP contribution in [0.25, 0.3) is 49.9 Å². The van der Waals surface area contributed by atoms with Gasteiger partial charge in [0.05, 0.1) is 22.9 Å². The van der Waals surface area contributed by atoms with E-state index in [0.717, 1.165) is 61.0 Å². The molecule has 5 rings (SSSR count). The number of aromatic amines is 2. The Kier molecular flexibility index (Phi) is 6.55. The number of pyridine rings is 1. The Bertz CT molecular complexity index is 1510. The molecule has 5 aromatic rings. The van der Waals surface area contributed by atoms with E-state index < -0.39 is 0 Å². The third-order valence-corrected chi connectivity index (χ3v) is 5.58. The largest absolute Gasteiger partial charge is 0.352 e. The summed E-state index contributed by atoms with van der Waals surface area (Å²) < 4.78 is 14.0. The van der Waals surface area contributed by atoms with E-state index in [0.29, 0.717) is 0 Å². The number of hydrogen-bond donors (Lipinski definition) is 2. The van der Waals surface area contributed by atoms with Crippen molar-refractivity contribution in [1.82, 2.24) is 20.2 Å². The lowest BCUT2D eigenvalue weighted by molar-refractivity contribution is 0.627. The molecule has 34 heavy (non-hydrogen) atoms. The normalized spacial score (nSPS) is 11.4. The van der Waals surface area contributed by atoms with Gasteiger partial charge in [-0.05, 0) is 73.4 Å². The molecule has 0 aliphatic carbocycles. The number of H-pyrrole nitrogens is 2. The molecule has 5 heteroatoms. The summed E-state index contributed by atoms with van der Waals surface area (Å²) in [7, 11) is 0. The summed E-state index contributed by atoms with van der Waals surface area (Å²) in [5.41, 5.74) is 8.24. The van der Waals surface area contributed by atoms with Crippen LogP contribution < -0.4 is 0 Å². The fraction of sp³-hybridized carbons (Fsp3) is 0.103. The maximum Gasteiger partial charge on any atom is 0.124 e. The third kappa shape index (κ3) is 4.33. The first kappa shape index (κ1) is 22.9. The van der Waals surface area contributed by atoms with E-state index in [1.54, 1.807) is 24.5 Å². The number of fused-ring (bicyclic) bond motifs is 2.